The third-order valence-corrected chi connectivity index (χ3v) is 2.53. The maximum absolute atomic E-state index is 4.03. The van der Waals surface area contributed by atoms with E-state index in [9.17, 15) is 0 Å². The first-order chi connectivity index (χ1) is 4.36. The van der Waals surface area contributed by atoms with E-state index in [2.05, 4.69) is 44.8 Å². The van der Waals surface area contributed by atoms with E-state index in [4.69, 9.17) is 0 Å². The van der Waals surface area contributed by atoms with Crippen molar-refractivity contribution in [2.24, 2.45) is 21.6 Å². The van der Waals surface area contributed by atoms with Crippen LogP contribution in [0.3, 0.4) is 0 Å². The summed E-state index contributed by atoms with van der Waals surface area (Å²) >= 11 is 0. The summed E-state index contributed by atoms with van der Waals surface area (Å²) in [6.07, 6.45) is 0. The number of hydrogen-bond acceptors (Lipinski definition) is 2. The fourth-order valence-electron chi connectivity index (χ4n) is 1.07. The Morgan fingerprint density at radius 1 is 1.20 bits per heavy atom. The van der Waals surface area contributed by atoms with E-state index in [-0.39, 0.29) is 5.66 Å². The van der Waals surface area contributed by atoms with E-state index in [1.165, 1.54) is 0 Å². The van der Waals surface area contributed by atoms with Crippen LogP contribution in [0.5, 0.6) is 0 Å². The Labute approximate surface area is 62.7 Å². The fourth-order valence-corrected chi connectivity index (χ4v) is 1.07. The molecule has 0 fully saturated rings. The van der Waals surface area contributed by atoms with Gasteiger partial charge in [-0.2, -0.15) is 10.2 Å². The zero-order chi connectivity index (χ0) is 7.99. The van der Waals surface area contributed by atoms with Crippen molar-refractivity contribution in [3.63, 3.8) is 0 Å². The summed E-state index contributed by atoms with van der Waals surface area (Å²) in [6, 6.07) is 0. The molecule has 1 rings (SSSR count). The van der Waals surface area contributed by atoms with Crippen LogP contribution in [0.25, 0.3) is 0 Å². The normalized spacial score (nSPS) is 24.5. The molecule has 0 N–H and O–H groups in total. The Balaban J connectivity index is 2.58. The summed E-state index contributed by atoms with van der Waals surface area (Å²) in [5, 5.41) is 8.05. The van der Waals surface area contributed by atoms with Crippen molar-refractivity contribution in [2.75, 3.05) is 0 Å². The second kappa shape index (κ2) is 1.80. The van der Waals surface area contributed by atoms with E-state index >= 15 is 0 Å². The van der Waals surface area contributed by atoms with E-state index in [0.29, 0.717) is 11.3 Å². The van der Waals surface area contributed by atoms with Gasteiger partial charge in [-0.3, -0.25) is 0 Å². The number of nitrogens with zero attached hydrogens (tertiary/aromatic N) is 2. The lowest BCUT2D eigenvalue weighted by atomic mass is 9.76. The minimum atomic E-state index is -0.0573. The first-order valence-corrected chi connectivity index (χ1v) is 3.80. The van der Waals surface area contributed by atoms with Crippen LogP contribution < -0.4 is 0 Å². The highest BCUT2D eigenvalue weighted by Crippen LogP contribution is 2.44. The van der Waals surface area contributed by atoms with E-state index < -0.39 is 0 Å². The van der Waals surface area contributed by atoms with E-state index in [0.717, 1.165) is 0 Å². The molecule has 1 aliphatic heterocycles. The molecule has 2 nitrogen and oxygen atoms in total. The van der Waals surface area contributed by atoms with Crippen molar-refractivity contribution < 1.29 is 0 Å². The molecular weight excluding hydrogens is 124 g/mol. The highest BCUT2D eigenvalue weighted by atomic mass is 15.4. The quantitative estimate of drug-likeness (QED) is 0.535. The molecule has 10 heavy (non-hydrogen) atoms. The molecular formula is C8H16N2. The third-order valence-electron chi connectivity index (χ3n) is 2.53. The molecule has 0 saturated heterocycles. The summed E-state index contributed by atoms with van der Waals surface area (Å²) in [5.74, 6) is 0.542. The summed E-state index contributed by atoms with van der Waals surface area (Å²) in [6.45, 7) is 11.0. The van der Waals surface area contributed by atoms with Crippen LogP contribution in [0, 0.1) is 11.3 Å². The molecule has 0 aliphatic carbocycles. The van der Waals surface area contributed by atoms with Gasteiger partial charge in [-0.05, 0) is 12.3 Å². The number of hydrogen-bond donors (Lipinski definition) is 0. The van der Waals surface area contributed by atoms with Crippen LogP contribution in [0.2, 0.25) is 0 Å². The topological polar surface area (TPSA) is 24.7 Å². The van der Waals surface area contributed by atoms with Crippen molar-refractivity contribution in [1.82, 2.24) is 0 Å². The highest BCUT2D eigenvalue weighted by Gasteiger charge is 2.45. The van der Waals surface area contributed by atoms with Crippen molar-refractivity contribution in [3.05, 3.63) is 0 Å². The lowest BCUT2D eigenvalue weighted by molar-refractivity contribution is 0.206. The standard InChI is InChI=1S/C8H16N2/c1-6(7(2,3)4)8(5)9-10-8/h6H,1-5H3/t6-/m0/s1. The number of rotatable bonds is 1. The van der Waals surface area contributed by atoms with Gasteiger partial charge >= 0.3 is 0 Å². The predicted molar refractivity (Wildman–Crippen MR) is 41.9 cm³/mol. The van der Waals surface area contributed by atoms with Crippen molar-refractivity contribution in [1.29, 1.82) is 0 Å². The van der Waals surface area contributed by atoms with Gasteiger partial charge in [-0.15, -0.1) is 0 Å². The molecule has 0 unspecified atom stereocenters. The molecule has 0 amide bonds. The molecule has 1 heterocycles. The van der Waals surface area contributed by atoms with E-state index in [1.807, 2.05) is 0 Å². The molecule has 0 aromatic carbocycles. The summed E-state index contributed by atoms with van der Waals surface area (Å²) in [7, 11) is 0. The second-order valence-corrected chi connectivity index (χ2v) is 4.38. The van der Waals surface area contributed by atoms with Crippen molar-refractivity contribution in [3.8, 4) is 0 Å². The smallest absolute Gasteiger partial charge is 0.159 e. The van der Waals surface area contributed by atoms with Gasteiger partial charge in [-0.25, -0.2) is 0 Å². The molecule has 0 aromatic rings. The van der Waals surface area contributed by atoms with Crippen LogP contribution in [0.4, 0.5) is 0 Å². The molecule has 0 spiro atoms. The minimum absolute atomic E-state index is 0.0573. The van der Waals surface area contributed by atoms with Crippen LogP contribution >= 0.6 is 0 Å². The first kappa shape index (κ1) is 7.70. The van der Waals surface area contributed by atoms with Gasteiger partial charge in [0, 0.05) is 5.92 Å². The molecule has 0 bridgehead atoms. The molecule has 0 saturated carbocycles. The lowest BCUT2D eigenvalue weighted by Crippen LogP contribution is -2.29. The second-order valence-electron chi connectivity index (χ2n) is 4.38. The zero-order valence-corrected chi connectivity index (χ0v) is 7.47. The predicted octanol–water partition coefficient (Wildman–Crippen LogP) is 2.85. The monoisotopic (exact) mass is 140 g/mol. The summed E-state index contributed by atoms with van der Waals surface area (Å²) < 4.78 is 0. The molecule has 58 valence electrons. The van der Waals surface area contributed by atoms with Gasteiger partial charge in [0.2, 0.25) is 0 Å². The van der Waals surface area contributed by atoms with Gasteiger partial charge < -0.3 is 0 Å². The Bertz CT molecular complexity index is 153. The summed E-state index contributed by atoms with van der Waals surface area (Å²) in [5.41, 5.74) is 0.260. The van der Waals surface area contributed by atoms with Gasteiger partial charge in [-0.1, -0.05) is 27.7 Å². The van der Waals surface area contributed by atoms with Gasteiger partial charge in [0.05, 0.1) is 0 Å². The Hall–Kier alpha value is -0.400. The van der Waals surface area contributed by atoms with Crippen LogP contribution in [-0.2, 0) is 0 Å². The first-order valence-electron chi connectivity index (χ1n) is 3.80. The zero-order valence-electron chi connectivity index (χ0n) is 7.47. The highest BCUT2D eigenvalue weighted by molar-refractivity contribution is 4.97. The third kappa shape index (κ3) is 1.20. The minimum Gasteiger partial charge on any atom is -0.159 e. The SMILES string of the molecule is C[C@@H](C(C)(C)C)C1(C)N=N1. The van der Waals surface area contributed by atoms with Gasteiger partial charge in [0.25, 0.3) is 0 Å². The van der Waals surface area contributed by atoms with Crippen molar-refractivity contribution >= 4 is 0 Å². The Morgan fingerprint density at radius 2 is 1.60 bits per heavy atom. The Kier molecular flexibility index (Phi) is 1.39. The van der Waals surface area contributed by atoms with Crippen LogP contribution in [0.15, 0.2) is 10.2 Å². The summed E-state index contributed by atoms with van der Waals surface area (Å²) in [4.78, 5) is 0. The molecule has 2 heteroatoms. The molecule has 0 radical (unpaired) electrons. The van der Waals surface area contributed by atoms with Gasteiger partial charge in [0.15, 0.2) is 5.66 Å². The van der Waals surface area contributed by atoms with Crippen LogP contribution in [-0.4, -0.2) is 5.66 Å². The largest absolute Gasteiger partial charge is 0.191 e. The maximum atomic E-state index is 4.03. The van der Waals surface area contributed by atoms with Crippen molar-refractivity contribution in [2.45, 2.75) is 40.3 Å². The molecule has 0 aromatic heterocycles. The van der Waals surface area contributed by atoms with E-state index in [1.54, 1.807) is 0 Å². The van der Waals surface area contributed by atoms with Gasteiger partial charge in [0.1, 0.15) is 0 Å². The van der Waals surface area contributed by atoms with Crippen LogP contribution in [0.1, 0.15) is 34.6 Å². The average molecular weight is 140 g/mol. The fraction of sp³-hybridized carbons (Fsp3) is 1.00. The molecule has 1 atom stereocenters. The lowest BCUT2D eigenvalue weighted by Gasteiger charge is -2.29. The average Bonchev–Trinajstić information content (AvgIpc) is 2.45. The Morgan fingerprint density at radius 3 is 1.70 bits per heavy atom. The molecule has 1 aliphatic rings. The maximum Gasteiger partial charge on any atom is 0.191 e.